The maximum atomic E-state index is 10.7. The molecule has 0 radical (unpaired) electrons. The van der Waals surface area contributed by atoms with Crippen molar-refractivity contribution >= 4 is 6.09 Å². The smallest absolute Gasteiger partial charge is 0.409 e. The van der Waals surface area contributed by atoms with Crippen molar-refractivity contribution < 1.29 is 9.53 Å². The van der Waals surface area contributed by atoms with E-state index in [4.69, 9.17) is 0 Å². The zero-order valence-electron chi connectivity index (χ0n) is 6.18. The number of methoxy groups -OCH3 is 1. The number of rotatable bonds is 2. The first-order valence-electron chi connectivity index (χ1n) is 3.09. The van der Waals surface area contributed by atoms with E-state index in [0.717, 1.165) is 0 Å². The zero-order chi connectivity index (χ0) is 7.28. The van der Waals surface area contributed by atoms with E-state index < -0.39 is 0 Å². The Kier molecular flexibility index (Phi) is 3.84. The van der Waals surface area contributed by atoms with Crippen molar-refractivity contribution in [3.05, 3.63) is 0 Å². The lowest BCUT2D eigenvalue weighted by Gasteiger charge is -2.15. The van der Waals surface area contributed by atoms with Gasteiger partial charge in [-0.2, -0.15) is 0 Å². The van der Waals surface area contributed by atoms with Crippen LogP contribution in [0.25, 0.3) is 0 Å². The van der Waals surface area contributed by atoms with E-state index in [1.165, 1.54) is 7.11 Å². The Labute approximate surface area is 55.6 Å². The van der Waals surface area contributed by atoms with Gasteiger partial charge in [0.1, 0.15) is 0 Å². The molecular weight excluding hydrogens is 118 g/mol. The van der Waals surface area contributed by atoms with Crippen molar-refractivity contribution in [3.63, 3.8) is 0 Å². The number of amides is 1. The van der Waals surface area contributed by atoms with Crippen LogP contribution in [0.3, 0.4) is 0 Å². The highest BCUT2D eigenvalue weighted by atomic mass is 16.5. The topological polar surface area (TPSA) is 29.5 Å². The van der Waals surface area contributed by atoms with Gasteiger partial charge in [0.05, 0.1) is 7.11 Å². The quantitative estimate of drug-likeness (QED) is 0.561. The van der Waals surface area contributed by atoms with Crippen LogP contribution in [0.15, 0.2) is 0 Å². The fourth-order valence-electron chi connectivity index (χ4n) is 0.611. The summed E-state index contributed by atoms with van der Waals surface area (Å²) in [6.45, 7) is 5.26. The maximum Gasteiger partial charge on any atom is 0.409 e. The SMILES string of the molecule is CCN(CC)C(=O)OC. The number of hydrogen-bond donors (Lipinski definition) is 0. The van der Waals surface area contributed by atoms with Crippen molar-refractivity contribution in [3.8, 4) is 0 Å². The van der Waals surface area contributed by atoms with E-state index in [9.17, 15) is 4.79 Å². The van der Waals surface area contributed by atoms with Gasteiger partial charge in [-0.25, -0.2) is 4.79 Å². The Balaban J connectivity index is 3.64. The molecule has 54 valence electrons. The first-order valence-corrected chi connectivity index (χ1v) is 3.09. The summed E-state index contributed by atoms with van der Waals surface area (Å²) in [6, 6.07) is 0. The molecule has 0 aromatic heterocycles. The Bertz CT molecular complexity index is 89.1. The zero-order valence-corrected chi connectivity index (χ0v) is 6.18. The molecule has 0 aliphatic carbocycles. The van der Waals surface area contributed by atoms with Crippen LogP contribution in [0.4, 0.5) is 4.79 Å². The first kappa shape index (κ1) is 8.27. The summed E-state index contributed by atoms with van der Waals surface area (Å²) < 4.78 is 4.48. The van der Waals surface area contributed by atoms with Crippen molar-refractivity contribution in [1.29, 1.82) is 0 Å². The Morgan fingerprint density at radius 2 is 1.89 bits per heavy atom. The number of ether oxygens (including phenoxy) is 1. The largest absolute Gasteiger partial charge is 0.453 e. The Hall–Kier alpha value is -0.730. The van der Waals surface area contributed by atoms with Gasteiger partial charge in [0.25, 0.3) is 0 Å². The summed E-state index contributed by atoms with van der Waals surface area (Å²) in [7, 11) is 1.39. The highest BCUT2D eigenvalue weighted by molar-refractivity contribution is 5.67. The third-order valence-electron chi connectivity index (χ3n) is 1.20. The average molecular weight is 131 g/mol. The fourth-order valence-corrected chi connectivity index (χ4v) is 0.611. The summed E-state index contributed by atoms with van der Waals surface area (Å²) in [5.74, 6) is 0. The van der Waals surface area contributed by atoms with Gasteiger partial charge < -0.3 is 9.64 Å². The third-order valence-corrected chi connectivity index (χ3v) is 1.20. The summed E-state index contributed by atoms with van der Waals surface area (Å²) in [6.07, 6.45) is -0.250. The lowest BCUT2D eigenvalue weighted by atomic mass is 10.6. The van der Waals surface area contributed by atoms with Crippen LogP contribution in [0.2, 0.25) is 0 Å². The number of hydrogen-bond acceptors (Lipinski definition) is 2. The summed E-state index contributed by atoms with van der Waals surface area (Å²) in [5, 5.41) is 0. The molecule has 0 fully saturated rings. The predicted octanol–water partition coefficient (Wildman–Crippen LogP) is 1.09. The van der Waals surface area contributed by atoms with E-state index in [2.05, 4.69) is 4.74 Å². The third kappa shape index (κ3) is 2.35. The molecule has 0 aromatic rings. The highest BCUT2D eigenvalue weighted by Gasteiger charge is 2.06. The highest BCUT2D eigenvalue weighted by Crippen LogP contribution is 1.89. The van der Waals surface area contributed by atoms with Crippen LogP contribution in [0, 0.1) is 0 Å². The summed E-state index contributed by atoms with van der Waals surface area (Å²) in [4.78, 5) is 12.3. The van der Waals surface area contributed by atoms with Crippen molar-refractivity contribution in [2.24, 2.45) is 0 Å². The number of nitrogens with zero attached hydrogens (tertiary/aromatic N) is 1. The molecule has 0 saturated heterocycles. The molecule has 0 saturated carbocycles. The Morgan fingerprint density at radius 1 is 1.44 bits per heavy atom. The van der Waals surface area contributed by atoms with Crippen molar-refractivity contribution in [2.75, 3.05) is 20.2 Å². The van der Waals surface area contributed by atoms with Crippen LogP contribution >= 0.6 is 0 Å². The average Bonchev–Trinajstić information content (AvgIpc) is 1.90. The molecule has 0 heterocycles. The van der Waals surface area contributed by atoms with Crippen molar-refractivity contribution in [2.45, 2.75) is 13.8 Å². The Morgan fingerprint density at radius 3 is 2.00 bits per heavy atom. The molecule has 3 heteroatoms. The second kappa shape index (κ2) is 4.18. The molecule has 9 heavy (non-hydrogen) atoms. The van der Waals surface area contributed by atoms with E-state index in [-0.39, 0.29) is 6.09 Å². The maximum absolute atomic E-state index is 10.7. The molecule has 0 unspecified atom stereocenters. The van der Waals surface area contributed by atoms with Crippen LogP contribution in [-0.4, -0.2) is 31.2 Å². The monoisotopic (exact) mass is 131 g/mol. The first-order chi connectivity index (χ1) is 4.26. The molecule has 0 bridgehead atoms. The molecule has 0 rings (SSSR count). The number of carbonyl (C=O) groups is 1. The van der Waals surface area contributed by atoms with E-state index in [1.807, 2.05) is 13.8 Å². The van der Waals surface area contributed by atoms with Crippen LogP contribution in [-0.2, 0) is 4.74 Å². The summed E-state index contributed by atoms with van der Waals surface area (Å²) in [5.41, 5.74) is 0. The second-order valence-electron chi connectivity index (χ2n) is 1.64. The molecule has 0 aliphatic heterocycles. The van der Waals surface area contributed by atoms with Gasteiger partial charge in [0, 0.05) is 13.1 Å². The standard InChI is InChI=1S/C6H13NO2/c1-4-7(5-2)6(8)9-3/h4-5H2,1-3H3. The van der Waals surface area contributed by atoms with Gasteiger partial charge in [0.15, 0.2) is 0 Å². The molecule has 0 spiro atoms. The minimum atomic E-state index is -0.250. The second-order valence-corrected chi connectivity index (χ2v) is 1.64. The van der Waals surface area contributed by atoms with Gasteiger partial charge in [-0.15, -0.1) is 0 Å². The molecule has 0 aromatic carbocycles. The van der Waals surface area contributed by atoms with Gasteiger partial charge in [-0.1, -0.05) is 0 Å². The fraction of sp³-hybridized carbons (Fsp3) is 0.833. The van der Waals surface area contributed by atoms with Crippen LogP contribution in [0.5, 0.6) is 0 Å². The minimum absolute atomic E-state index is 0.250. The van der Waals surface area contributed by atoms with E-state index in [1.54, 1.807) is 4.90 Å². The van der Waals surface area contributed by atoms with Crippen LogP contribution < -0.4 is 0 Å². The normalized spacial score (nSPS) is 8.78. The predicted molar refractivity (Wildman–Crippen MR) is 35.3 cm³/mol. The molecule has 0 N–H and O–H groups in total. The number of carbonyl (C=O) groups excluding carboxylic acids is 1. The molecule has 1 amide bonds. The molecule has 0 aliphatic rings. The molecular formula is C6H13NO2. The molecule has 3 nitrogen and oxygen atoms in total. The van der Waals surface area contributed by atoms with Gasteiger partial charge in [-0.05, 0) is 13.8 Å². The molecule has 0 atom stereocenters. The lowest BCUT2D eigenvalue weighted by Crippen LogP contribution is -2.30. The van der Waals surface area contributed by atoms with E-state index >= 15 is 0 Å². The van der Waals surface area contributed by atoms with Gasteiger partial charge >= 0.3 is 6.09 Å². The van der Waals surface area contributed by atoms with Crippen molar-refractivity contribution in [1.82, 2.24) is 4.90 Å². The van der Waals surface area contributed by atoms with E-state index in [0.29, 0.717) is 13.1 Å². The van der Waals surface area contributed by atoms with Gasteiger partial charge in [0.2, 0.25) is 0 Å². The van der Waals surface area contributed by atoms with Crippen LogP contribution in [0.1, 0.15) is 13.8 Å². The summed E-state index contributed by atoms with van der Waals surface area (Å²) >= 11 is 0. The lowest BCUT2D eigenvalue weighted by molar-refractivity contribution is 0.128. The minimum Gasteiger partial charge on any atom is -0.453 e. The van der Waals surface area contributed by atoms with Gasteiger partial charge in [-0.3, -0.25) is 0 Å².